The van der Waals surface area contributed by atoms with E-state index in [1.807, 2.05) is 44.2 Å². The monoisotopic (exact) mass is 397 g/mol. The molecule has 146 valence electrons. The van der Waals surface area contributed by atoms with Crippen molar-refractivity contribution in [3.05, 3.63) is 78.5 Å². The Kier molecular flexibility index (Phi) is 6.16. The molecule has 28 heavy (non-hydrogen) atoms. The van der Waals surface area contributed by atoms with E-state index >= 15 is 0 Å². The summed E-state index contributed by atoms with van der Waals surface area (Å²) in [5, 5.41) is 3.20. The molecule has 0 unspecified atom stereocenters. The second-order valence-electron chi connectivity index (χ2n) is 6.51. The van der Waals surface area contributed by atoms with Gasteiger partial charge in [-0.1, -0.05) is 30.3 Å². The van der Waals surface area contributed by atoms with E-state index in [9.17, 15) is 8.42 Å². The van der Waals surface area contributed by atoms with Gasteiger partial charge in [0.1, 0.15) is 11.6 Å². The minimum absolute atomic E-state index is 0.0284. The van der Waals surface area contributed by atoms with Gasteiger partial charge in [-0.3, -0.25) is 4.72 Å². The van der Waals surface area contributed by atoms with E-state index in [0.717, 1.165) is 5.56 Å². The maximum absolute atomic E-state index is 12.5. The molecule has 0 aliphatic carbocycles. The van der Waals surface area contributed by atoms with E-state index in [4.69, 9.17) is 4.74 Å². The molecule has 0 amide bonds. The van der Waals surface area contributed by atoms with Crippen LogP contribution in [-0.2, 0) is 16.6 Å². The lowest BCUT2D eigenvalue weighted by Gasteiger charge is -2.12. The second-order valence-corrected chi connectivity index (χ2v) is 8.20. The maximum Gasteiger partial charge on any atom is 0.261 e. The van der Waals surface area contributed by atoms with Crippen LogP contribution in [0.25, 0.3) is 0 Å². The van der Waals surface area contributed by atoms with Crippen molar-refractivity contribution >= 4 is 21.5 Å². The van der Waals surface area contributed by atoms with E-state index in [2.05, 4.69) is 15.0 Å². The lowest BCUT2D eigenvalue weighted by Crippen LogP contribution is -2.13. The van der Waals surface area contributed by atoms with Crippen molar-refractivity contribution in [2.45, 2.75) is 31.4 Å². The van der Waals surface area contributed by atoms with Crippen LogP contribution < -0.4 is 14.8 Å². The number of sulfonamides is 1. The summed E-state index contributed by atoms with van der Waals surface area (Å²) in [5.74, 6) is 1.30. The summed E-state index contributed by atoms with van der Waals surface area (Å²) < 4.78 is 33.1. The van der Waals surface area contributed by atoms with Crippen molar-refractivity contribution in [1.29, 1.82) is 0 Å². The smallest absolute Gasteiger partial charge is 0.261 e. The molecule has 1 heterocycles. The van der Waals surface area contributed by atoms with Gasteiger partial charge >= 0.3 is 0 Å². The number of nitrogens with zero attached hydrogens (tertiary/aromatic N) is 1. The van der Waals surface area contributed by atoms with Crippen molar-refractivity contribution in [2.24, 2.45) is 0 Å². The highest BCUT2D eigenvalue weighted by molar-refractivity contribution is 7.92. The number of ether oxygens (including phenoxy) is 1. The molecule has 1 aromatic heterocycles. The number of benzene rings is 2. The molecule has 7 heteroatoms. The number of pyridine rings is 1. The summed E-state index contributed by atoms with van der Waals surface area (Å²) >= 11 is 0. The zero-order valence-corrected chi connectivity index (χ0v) is 16.6. The Morgan fingerprint density at radius 3 is 2.29 bits per heavy atom. The summed E-state index contributed by atoms with van der Waals surface area (Å²) in [5.41, 5.74) is 1.53. The van der Waals surface area contributed by atoms with Gasteiger partial charge in [0.05, 0.1) is 22.9 Å². The third kappa shape index (κ3) is 5.47. The quantitative estimate of drug-likeness (QED) is 0.593. The van der Waals surface area contributed by atoms with Gasteiger partial charge in [0.25, 0.3) is 10.0 Å². The number of nitrogens with one attached hydrogen (secondary N) is 2. The SMILES string of the molecule is CC(C)Oc1ccc(S(=O)(=O)Nc2ccc(NCc3ccccc3)nc2)cc1. The van der Waals surface area contributed by atoms with Crippen LogP contribution in [0.4, 0.5) is 11.5 Å². The van der Waals surface area contributed by atoms with Gasteiger partial charge in [0, 0.05) is 6.54 Å². The van der Waals surface area contributed by atoms with Gasteiger partial charge < -0.3 is 10.1 Å². The number of rotatable bonds is 8. The van der Waals surface area contributed by atoms with Crippen molar-refractivity contribution < 1.29 is 13.2 Å². The fraction of sp³-hybridized carbons (Fsp3) is 0.190. The lowest BCUT2D eigenvalue weighted by atomic mass is 10.2. The van der Waals surface area contributed by atoms with Crippen LogP contribution in [0, 0.1) is 0 Å². The second kappa shape index (κ2) is 8.75. The van der Waals surface area contributed by atoms with Crippen LogP contribution in [0.3, 0.4) is 0 Å². The first-order valence-electron chi connectivity index (χ1n) is 8.96. The molecule has 0 spiro atoms. The van der Waals surface area contributed by atoms with Crippen LogP contribution in [0.15, 0.2) is 77.8 Å². The zero-order chi connectivity index (χ0) is 20.0. The first kappa shape index (κ1) is 19.7. The predicted molar refractivity (Wildman–Crippen MR) is 111 cm³/mol. The average molecular weight is 398 g/mol. The first-order valence-corrected chi connectivity index (χ1v) is 10.4. The Morgan fingerprint density at radius 2 is 1.68 bits per heavy atom. The third-order valence-corrected chi connectivity index (χ3v) is 5.24. The van der Waals surface area contributed by atoms with Gasteiger partial charge in [-0.2, -0.15) is 0 Å². The van der Waals surface area contributed by atoms with Gasteiger partial charge in [0.15, 0.2) is 0 Å². The molecule has 0 atom stereocenters. The molecule has 0 bridgehead atoms. The molecule has 3 rings (SSSR count). The Balaban J connectivity index is 1.62. The van der Waals surface area contributed by atoms with Gasteiger partial charge in [-0.05, 0) is 55.8 Å². The Morgan fingerprint density at radius 1 is 0.964 bits per heavy atom. The van der Waals surface area contributed by atoms with E-state index in [1.165, 1.54) is 18.3 Å². The summed E-state index contributed by atoms with van der Waals surface area (Å²) in [6.07, 6.45) is 1.52. The minimum atomic E-state index is -3.69. The number of aromatic nitrogens is 1. The van der Waals surface area contributed by atoms with Crippen LogP contribution in [-0.4, -0.2) is 19.5 Å². The predicted octanol–water partition coefficient (Wildman–Crippen LogP) is 4.28. The largest absolute Gasteiger partial charge is 0.491 e. The summed E-state index contributed by atoms with van der Waals surface area (Å²) in [7, 11) is -3.69. The highest BCUT2D eigenvalue weighted by Gasteiger charge is 2.14. The normalized spacial score (nSPS) is 11.2. The molecule has 0 saturated carbocycles. The van der Waals surface area contributed by atoms with E-state index < -0.39 is 10.0 Å². The molecule has 0 aliphatic rings. The van der Waals surface area contributed by atoms with Gasteiger partial charge in [0.2, 0.25) is 0 Å². The molecule has 0 saturated heterocycles. The molecule has 0 aliphatic heterocycles. The number of hydrogen-bond donors (Lipinski definition) is 2. The van der Waals surface area contributed by atoms with Crippen LogP contribution in [0.2, 0.25) is 0 Å². The van der Waals surface area contributed by atoms with Gasteiger partial charge in [-0.15, -0.1) is 0 Å². The molecule has 2 aromatic carbocycles. The van der Waals surface area contributed by atoms with E-state index in [0.29, 0.717) is 23.8 Å². The van der Waals surface area contributed by atoms with Gasteiger partial charge in [-0.25, -0.2) is 13.4 Å². The van der Waals surface area contributed by atoms with Crippen molar-refractivity contribution in [2.75, 3.05) is 10.0 Å². The zero-order valence-electron chi connectivity index (χ0n) is 15.8. The molecule has 0 radical (unpaired) electrons. The van der Waals surface area contributed by atoms with Crippen molar-refractivity contribution in [3.63, 3.8) is 0 Å². The number of anilines is 2. The Hall–Kier alpha value is -3.06. The Bertz CT molecular complexity index is 987. The van der Waals surface area contributed by atoms with Crippen molar-refractivity contribution in [3.8, 4) is 5.75 Å². The molecular formula is C21H23N3O3S. The standard InChI is InChI=1S/C21H23N3O3S/c1-16(2)27-19-9-11-20(12-10-19)28(25,26)24-18-8-13-21(23-15-18)22-14-17-6-4-3-5-7-17/h3-13,15-16,24H,14H2,1-2H3,(H,22,23). The topological polar surface area (TPSA) is 80.3 Å². The molecule has 3 aromatic rings. The lowest BCUT2D eigenvalue weighted by molar-refractivity contribution is 0.242. The third-order valence-electron chi connectivity index (χ3n) is 3.84. The fourth-order valence-electron chi connectivity index (χ4n) is 2.53. The average Bonchev–Trinajstić information content (AvgIpc) is 2.68. The minimum Gasteiger partial charge on any atom is -0.491 e. The molecule has 0 fully saturated rings. The van der Waals surface area contributed by atoms with E-state index in [1.54, 1.807) is 24.3 Å². The van der Waals surface area contributed by atoms with E-state index in [-0.39, 0.29) is 11.0 Å². The number of hydrogen-bond acceptors (Lipinski definition) is 5. The molecule has 2 N–H and O–H groups in total. The highest BCUT2D eigenvalue weighted by Crippen LogP contribution is 2.20. The fourth-order valence-corrected chi connectivity index (χ4v) is 3.57. The molecule has 6 nitrogen and oxygen atoms in total. The summed E-state index contributed by atoms with van der Waals surface area (Å²) in [6.45, 7) is 4.47. The van der Waals surface area contributed by atoms with Crippen LogP contribution in [0.5, 0.6) is 5.75 Å². The van der Waals surface area contributed by atoms with Crippen molar-refractivity contribution in [1.82, 2.24) is 4.98 Å². The highest BCUT2D eigenvalue weighted by atomic mass is 32.2. The molecular weight excluding hydrogens is 374 g/mol. The summed E-state index contributed by atoms with van der Waals surface area (Å²) in [6, 6.07) is 19.7. The van der Waals surface area contributed by atoms with Crippen LogP contribution in [0.1, 0.15) is 19.4 Å². The first-order chi connectivity index (χ1) is 13.4. The summed E-state index contributed by atoms with van der Waals surface area (Å²) in [4.78, 5) is 4.42. The maximum atomic E-state index is 12.5. The van der Waals surface area contributed by atoms with Crippen LogP contribution >= 0.6 is 0 Å². The Labute approximate surface area is 165 Å².